The van der Waals surface area contributed by atoms with Crippen molar-refractivity contribution >= 4 is 17.5 Å². The molecule has 7 nitrogen and oxygen atoms in total. The standard InChI is InChI=1S/C29H30N6O/c1-21-10-12-22(13-11-21)19-35-28(23-6-4-15-30-18-23)31-32-29(35)34-20-24(25-7-2-3-8-26(25)34)14-17-33-16-5-9-27(33)36/h2-4,6-8,10-13,15,18,24H,5,9,14,16-17,19-20H2,1H3. The summed E-state index contributed by atoms with van der Waals surface area (Å²) >= 11 is 0. The molecule has 0 radical (unpaired) electrons. The van der Waals surface area contributed by atoms with E-state index < -0.39 is 0 Å². The van der Waals surface area contributed by atoms with Crippen molar-refractivity contribution in [1.29, 1.82) is 0 Å². The zero-order chi connectivity index (χ0) is 24.5. The highest BCUT2D eigenvalue weighted by atomic mass is 16.2. The summed E-state index contributed by atoms with van der Waals surface area (Å²) < 4.78 is 2.20. The summed E-state index contributed by atoms with van der Waals surface area (Å²) in [5, 5.41) is 9.36. The molecule has 2 aliphatic rings. The number of anilines is 2. The predicted octanol–water partition coefficient (Wildman–Crippen LogP) is 4.94. The minimum atomic E-state index is 0.289. The third kappa shape index (κ3) is 4.26. The van der Waals surface area contributed by atoms with Crippen LogP contribution in [0.15, 0.2) is 73.1 Å². The summed E-state index contributed by atoms with van der Waals surface area (Å²) in [6, 6.07) is 21.2. The fourth-order valence-electron chi connectivity index (χ4n) is 5.41. The van der Waals surface area contributed by atoms with Crippen LogP contribution >= 0.6 is 0 Å². The molecule has 1 saturated heterocycles. The van der Waals surface area contributed by atoms with Gasteiger partial charge in [-0.2, -0.15) is 0 Å². The van der Waals surface area contributed by atoms with Gasteiger partial charge in [0.25, 0.3) is 0 Å². The second-order valence-corrected chi connectivity index (χ2v) is 9.78. The molecule has 0 saturated carbocycles. The van der Waals surface area contributed by atoms with Crippen molar-refractivity contribution in [3.63, 3.8) is 0 Å². The second-order valence-electron chi connectivity index (χ2n) is 9.78. The number of pyridine rings is 1. The first-order chi connectivity index (χ1) is 17.7. The Morgan fingerprint density at radius 3 is 2.64 bits per heavy atom. The summed E-state index contributed by atoms with van der Waals surface area (Å²) in [6.45, 7) is 5.28. The molecule has 0 spiro atoms. The fraction of sp³-hybridized carbons (Fsp3) is 0.310. The van der Waals surface area contributed by atoms with E-state index in [1.807, 2.05) is 23.2 Å². The molecule has 1 amide bonds. The van der Waals surface area contributed by atoms with Gasteiger partial charge in [-0.1, -0.05) is 48.0 Å². The van der Waals surface area contributed by atoms with Crippen molar-refractivity contribution in [1.82, 2.24) is 24.6 Å². The summed E-state index contributed by atoms with van der Waals surface area (Å²) in [6.07, 6.45) is 6.23. The van der Waals surface area contributed by atoms with Crippen molar-refractivity contribution in [2.75, 3.05) is 24.5 Å². The topological polar surface area (TPSA) is 67.2 Å². The second kappa shape index (κ2) is 9.57. The fourth-order valence-corrected chi connectivity index (χ4v) is 5.41. The lowest BCUT2D eigenvalue weighted by atomic mass is 9.98. The van der Waals surface area contributed by atoms with Gasteiger partial charge in [0.05, 0.1) is 6.54 Å². The molecule has 4 heterocycles. The Morgan fingerprint density at radius 1 is 1.00 bits per heavy atom. The maximum atomic E-state index is 12.2. The smallest absolute Gasteiger partial charge is 0.232 e. The van der Waals surface area contributed by atoms with Crippen LogP contribution in [0, 0.1) is 6.92 Å². The van der Waals surface area contributed by atoms with Gasteiger partial charge in [-0.25, -0.2) is 0 Å². The molecule has 36 heavy (non-hydrogen) atoms. The van der Waals surface area contributed by atoms with Crippen molar-refractivity contribution < 1.29 is 4.79 Å². The number of para-hydroxylation sites is 1. The number of rotatable bonds is 7. The third-order valence-electron chi connectivity index (χ3n) is 7.34. The molecule has 182 valence electrons. The van der Waals surface area contributed by atoms with Gasteiger partial charge in [-0.05, 0) is 49.1 Å². The first-order valence-corrected chi connectivity index (χ1v) is 12.7. The number of amides is 1. The average molecular weight is 479 g/mol. The van der Waals surface area contributed by atoms with Gasteiger partial charge in [0.2, 0.25) is 11.9 Å². The van der Waals surface area contributed by atoms with E-state index >= 15 is 0 Å². The Balaban J connectivity index is 1.35. The lowest BCUT2D eigenvalue weighted by molar-refractivity contribution is -0.127. The normalized spacial score (nSPS) is 17.1. The van der Waals surface area contributed by atoms with Crippen LogP contribution in [0.5, 0.6) is 0 Å². The lowest BCUT2D eigenvalue weighted by Gasteiger charge is -2.21. The molecule has 2 aromatic heterocycles. The number of hydrogen-bond donors (Lipinski definition) is 0. The van der Waals surface area contributed by atoms with Gasteiger partial charge in [0.1, 0.15) is 0 Å². The van der Waals surface area contributed by atoms with E-state index in [1.54, 1.807) is 6.20 Å². The quantitative estimate of drug-likeness (QED) is 0.376. The van der Waals surface area contributed by atoms with Crippen LogP contribution in [0.4, 0.5) is 11.6 Å². The Labute approximate surface area is 211 Å². The number of carbonyl (C=O) groups excluding carboxylic acids is 1. The number of aryl methyl sites for hydroxylation is 1. The van der Waals surface area contributed by atoms with Crippen LogP contribution in [0.3, 0.4) is 0 Å². The van der Waals surface area contributed by atoms with Crippen LogP contribution in [-0.2, 0) is 11.3 Å². The number of benzene rings is 2. The van der Waals surface area contributed by atoms with Gasteiger partial charge in [0.15, 0.2) is 5.82 Å². The third-order valence-corrected chi connectivity index (χ3v) is 7.34. The average Bonchev–Trinajstić information content (AvgIpc) is 3.61. The van der Waals surface area contributed by atoms with Crippen molar-refractivity contribution in [3.8, 4) is 11.4 Å². The van der Waals surface area contributed by atoms with E-state index in [1.165, 1.54) is 22.4 Å². The molecule has 2 aromatic carbocycles. The molecular formula is C29H30N6O. The molecule has 6 rings (SSSR count). The monoisotopic (exact) mass is 478 g/mol. The molecule has 0 bridgehead atoms. The van der Waals surface area contributed by atoms with Gasteiger partial charge >= 0.3 is 0 Å². The van der Waals surface area contributed by atoms with E-state index in [9.17, 15) is 4.79 Å². The molecule has 7 heteroatoms. The summed E-state index contributed by atoms with van der Waals surface area (Å²) in [5.41, 5.74) is 5.87. The summed E-state index contributed by atoms with van der Waals surface area (Å²) in [4.78, 5) is 20.8. The summed E-state index contributed by atoms with van der Waals surface area (Å²) in [5.74, 6) is 2.27. The molecular weight excluding hydrogens is 448 g/mol. The van der Waals surface area contributed by atoms with E-state index in [4.69, 9.17) is 5.10 Å². The first kappa shape index (κ1) is 22.5. The van der Waals surface area contributed by atoms with E-state index in [2.05, 4.69) is 75.0 Å². The van der Waals surface area contributed by atoms with Crippen LogP contribution in [-0.4, -0.2) is 50.2 Å². The zero-order valence-electron chi connectivity index (χ0n) is 20.5. The SMILES string of the molecule is Cc1ccc(Cn2c(-c3cccnc3)nnc2N2CC(CCN3CCCC3=O)c3ccccc32)cc1. The Kier molecular flexibility index (Phi) is 5.97. The lowest BCUT2D eigenvalue weighted by Crippen LogP contribution is -2.28. The maximum absolute atomic E-state index is 12.2. The highest BCUT2D eigenvalue weighted by Crippen LogP contribution is 2.42. The van der Waals surface area contributed by atoms with E-state index in [0.29, 0.717) is 18.9 Å². The van der Waals surface area contributed by atoms with Gasteiger partial charge in [0, 0.05) is 55.6 Å². The highest BCUT2D eigenvalue weighted by Gasteiger charge is 2.33. The van der Waals surface area contributed by atoms with Crippen LogP contribution in [0.1, 0.15) is 41.9 Å². The molecule has 0 aliphatic carbocycles. The molecule has 4 aromatic rings. The number of likely N-dealkylation sites (tertiary alicyclic amines) is 1. The largest absolute Gasteiger partial charge is 0.343 e. The van der Waals surface area contributed by atoms with Gasteiger partial charge in [-0.15, -0.1) is 10.2 Å². The molecule has 1 fully saturated rings. The minimum Gasteiger partial charge on any atom is -0.343 e. The van der Waals surface area contributed by atoms with Crippen LogP contribution in [0.2, 0.25) is 0 Å². The Hall–Kier alpha value is -4.00. The van der Waals surface area contributed by atoms with E-state index in [-0.39, 0.29) is 5.91 Å². The number of fused-ring (bicyclic) bond motifs is 1. The van der Waals surface area contributed by atoms with Gasteiger partial charge in [-0.3, -0.25) is 14.3 Å². The number of hydrogen-bond acceptors (Lipinski definition) is 5. The van der Waals surface area contributed by atoms with Crippen molar-refractivity contribution in [2.45, 2.75) is 38.6 Å². The molecule has 1 unspecified atom stereocenters. The first-order valence-electron chi connectivity index (χ1n) is 12.7. The van der Waals surface area contributed by atoms with Gasteiger partial charge < -0.3 is 9.80 Å². The highest BCUT2D eigenvalue weighted by molar-refractivity contribution is 5.78. The Morgan fingerprint density at radius 2 is 1.86 bits per heavy atom. The minimum absolute atomic E-state index is 0.289. The van der Waals surface area contributed by atoms with Crippen molar-refractivity contribution in [3.05, 3.63) is 89.7 Å². The molecule has 0 N–H and O–H groups in total. The van der Waals surface area contributed by atoms with Crippen molar-refractivity contribution in [2.24, 2.45) is 0 Å². The van der Waals surface area contributed by atoms with Crippen LogP contribution < -0.4 is 4.90 Å². The predicted molar refractivity (Wildman–Crippen MR) is 140 cm³/mol. The van der Waals surface area contributed by atoms with Crippen LogP contribution in [0.25, 0.3) is 11.4 Å². The molecule has 1 atom stereocenters. The summed E-state index contributed by atoms with van der Waals surface area (Å²) in [7, 11) is 0. The number of aromatic nitrogens is 4. The number of carbonyl (C=O) groups is 1. The van der Waals surface area contributed by atoms with E-state index in [0.717, 1.165) is 49.8 Å². The maximum Gasteiger partial charge on any atom is 0.232 e. The Bertz CT molecular complexity index is 1360. The molecule has 2 aliphatic heterocycles. The number of nitrogens with zero attached hydrogens (tertiary/aromatic N) is 6. The zero-order valence-corrected chi connectivity index (χ0v) is 20.5.